The van der Waals surface area contributed by atoms with Gasteiger partial charge in [-0.05, 0) is 32.9 Å². The van der Waals surface area contributed by atoms with Gasteiger partial charge in [-0.1, -0.05) is 24.3 Å². The lowest BCUT2D eigenvalue weighted by Gasteiger charge is -2.25. The highest BCUT2D eigenvalue weighted by molar-refractivity contribution is 5.77. The molecule has 0 bridgehead atoms. The topological polar surface area (TPSA) is 35.1 Å². The summed E-state index contributed by atoms with van der Waals surface area (Å²) in [6.45, 7) is 9.82. The van der Waals surface area contributed by atoms with Gasteiger partial charge in [0.15, 0.2) is 0 Å². The van der Waals surface area contributed by atoms with E-state index in [4.69, 9.17) is 4.52 Å². The van der Waals surface area contributed by atoms with Crippen molar-refractivity contribution < 1.29 is 4.52 Å². The fourth-order valence-corrected chi connectivity index (χ4v) is 1.59. The van der Waals surface area contributed by atoms with Crippen LogP contribution in [-0.2, 0) is 5.54 Å². The highest BCUT2D eigenvalue weighted by Gasteiger charge is 2.26. The molecule has 16 heavy (non-hydrogen) atoms. The van der Waals surface area contributed by atoms with E-state index in [9.17, 15) is 4.79 Å². The van der Waals surface area contributed by atoms with Crippen molar-refractivity contribution in [3.63, 3.8) is 0 Å². The molecule has 1 aromatic carbocycles. The van der Waals surface area contributed by atoms with Crippen LogP contribution in [0.3, 0.4) is 0 Å². The van der Waals surface area contributed by atoms with Crippen molar-refractivity contribution in [2.24, 2.45) is 0 Å². The number of rotatable bonds is 2. The molecule has 0 atom stereocenters. The summed E-state index contributed by atoms with van der Waals surface area (Å²) in [5, 5.41) is 0.608. The zero-order chi connectivity index (χ0) is 11.9. The molecule has 0 N–H and O–H groups in total. The summed E-state index contributed by atoms with van der Waals surface area (Å²) in [7, 11) is 0. The lowest BCUT2D eigenvalue weighted by Crippen LogP contribution is -2.26. The minimum atomic E-state index is -0.401. The minimum Gasteiger partial charge on any atom is -0.334 e. The van der Waals surface area contributed by atoms with Crippen molar-refractivity contribution in [3.8, 4) is 0 Å². The van der Waals surface area contributed by atoms with E-state index in [0.717, 1.165) is 11.1 Å². The maximum absolute atomic E-state index is 11.7. The van der Waals surface area contributed by atoms with Gasteiger partial charge < -0.3 is 4.52 Å². The van der Waals surface area contributed by atoms with Crippen molar-refractivity contribution in [1.29, 1.82) is 0 Å². The summed E-state index contributed by atoms with van der Waals surface area (Å²) >= 11 is 0. The van der Waals surface area contributed by atoms with E-state index < -0.39 is 5.54 Å². The molecule has 1 heterocycles. The number of allylic oxidation sites excluding steroid dienone is 1. The third-order valence-electron chi connectivity index (χ3n) is 3.07. The lowest BCUT2D eigenvalue weighted by atomic mass is 9.97. The van der Waals surface area contributed by atoms with Crippen LogP contribution in [0.5, 0.6) is 0 Å². The molecule has 0 amide bonds. The predicted molar refractivity (Wildman–Crippen MR) is 64.6 cm³/mol. The van der Waals surface area contributed by atoms with Crippen molar-refractivity contribution in [3.05, 3.63) is 46.8 Å². The smallest absolute Gasteiger partial charge is 0.334 e. The highest BCUT2D eigenvalue weighted by Crippen LogP contribution is 2.27. The van der Waals surface area contributed by atoms with Crippen LogP contribution in [-0.4, -0.2) is 4.74 Å². The minimum absolute atomic E-state index is 0.301. The first-order valence-corrected chi connectivity index (χ1v) is 5.22. The van der Waals surface area contributed by atoms with Crippen molar-refractivity contribution in [1.82, 2.24) is 4.74 Å². The summed E-state index contributed by atoms with van der Waals surface area (Å²) in [5.41, 5.74) is 1.05. The number of hydrogen-bond acceptors (Lipinski definition) is 2. The van der Waals surface area contributed by atoms with Gasteiger partial charge in [-0.2, -0.15) is 4.74 Å². The summed E-state index contributed by atoms with van der Waals surface area (Å²) in [4.78, 5) is 11.7. The molecule has 0 radical (unpaired) electrons. The maximum Gasteiger partial charge on any atom is 0.365 e. The Morgan fingerprint density at radius 2 is 2.00 bits per heavy atom. The van der Waals surface area contributed by atoms with Crippen molar-refractivity contribution in [2.75, 3.05) is 0 Å². The first-order chi connectivity index (χ1) is 7.44. The van der Waals surface area contributed by atoms with E-state index in [1.165, 1.54) is 0 Å². The van der Waals surface area contributed by atoms with Crippen LogP contribution in [0.25, 0.3) is 10.9 Å². The van der Waals surface area contributed by atoms with E-state index in [1.54, 1.807) is 10.8 Å². The SMILES string of the molecule is C=C(C)C(C)(C)n1oc(=O)c2ccccc21. The monoisotopic (exact) mass is 217 g/mol. The Kier molecular flexibility index (Phi) is 2.26. The van der Waals surface area contributed by atoms with Gasteiger partial charge in [-0.25, -0.2) is 4.79 Å². The Balaban J connectivity index is 2.81. The number of nitrogens with zero attached hydrogens (tertiary/aromatic N) is 1. The number of fused-ring (bicyclic) bond motifs is 1. The van der Waals surface area contributed by atoms with E-state index in [2.05, 4.69) is 6.58 Å². The molecule has 0 saturated carbocycles. The van der Waals surface area contributed by atoms with Gasteiger partial charge in [-0.15, -0.1) is 0 Å². The summed E-state index contributed by atoms with van der Waals surface area (Å²) in [6, 6.07) is 7.37. The third-order valence-corrected chi connectivity index (χ3v) is 3.07. The molecule has 0 aliphatic carbocycles. The standard InChI is InChI=1S/C13H15NO2/c1-9(2)13(3,4)14-11-8-6-5-7-10(11)12(15)16-14/h5-8H,1H2,2-4H3. The van der Waals surface area contributed by atoms with E-state index in [0.29, 0.717) is 5.39 Å². The quantitative estimate of drug-likeness (QED) is 0.725. The fraction of sp³-hybridized carbons (Fsp3) is 0.308. The van der Waals surface area contributed by atoms with E-state index in [-0.39, 0.29) is 5.63 Å². The second kappa shape index (κ2) is 3.37. The van der Waals surface area contributed by atoms with Crippen LogP contribution >= 0.6 is 0 Å². The molecular formula is C13H15NO2. The molecule has 3 heteroatoms. The molecule has 0 spiro atoms. The van der Waals surface area contributed by atoms with E-state index in [1.807, 2.05) is 39.0 Å². The van der Waals surface area contributed by atoms with Gasteiger partial charge in [0.25, 0.3) is 0 Å². The van der Waals surface area contributed by atoms with Gasteiger partial charge in [0.1, 0.15) is 0 Å². The van der Waals surface area contributed by atoms with Crippen LogP contribution in [0, 0.1) is 0 Å². The lowest BCUT2D eigenvalue weighted by molar-refractivity contribution is 0.177. The number of hydrogen-bond donors (Lipinski definition) is 0. The van der Waals surface area contributed by atoms with E-state index >= 15 is 0 Å². The molecule has 0 aliphatic rings. The zero-order valence-electron chi connectivity index (χ0n) is 9.78. The summed E-state index contributed by atoms with van der Waals surface area (Å²) < 4.78 is 6.92. The van der Waals surface area contributed by atoms with Gasteiger partial charge >= 0.3 is 5.63 Å². The normalized spacial score (nSPS) is 11.9. The van der Waals surface area contributed by atoms with Crippen molar-refractivity contribution >= 4 is 10.9 Å². The van der Waals surface area contributed by atoms with Crippen LogP contribution in [0.2, 0.25) is 0 Å². The van der Waals surface area contributed by atoms with Crippen LogP contribution in [0.15, 0.2) is 45.7 Å². The first-order valence-electron chi connectivity index (χ1n) is 5.22. The van der Waals surface area contributed by atoms with Crippen LogP contribution in [0.4, 0.5) is 0 Å². The van der Waals surface area contributed by atoms with Gasteiger partial charge in [-0.3, -0.25) is 0 Å². The van der Waals surface area contributed by atoms with Gasteiger partial charge in [0.2, 0.25) is 0 Å². The molecule has 2 rings (SSSR count). The number of benzene rings is 1. The highest BCUT2D eigenvalue weighted by atomic mass is 16.5. The van der Waals surface area contributed by atoms with Gasteiger partial charge in [0.05, 0.1) is 16.4 Å². The molecule has 3 nitrogen and oxygen atoms in total. The average Bonchev–Trinajstić information content (AvgIpc) is 2.57. The summed E-state index contributed by atoms with van der Waals surface area (Å²) in [6.07, 6.45) is 0. The molecule has 0 aliphatic heterocycles. The largest absolute Gasteiger partial charge is 0.365 e. The van der Waals surface area contributed by atoms with Crippen molar-refractivity contribution in [2.45, 2.75) is 26.3 Å². The molecule has 0 unspecified atom stereocenters. The molecule has 84 valence electrons. The molecule has 1 aromatic heterocycles. The maximum atomic E-state index is 11.7. The number of para-hydroxylation sites is 1. The van der Waals surface area contributed by atoms with Crippen LogP contribution in [0.1, 0.15) is 20.8 Å². The Hall–Kier alpha value is -1.77. The fourth-order valence-electron chi connectivity index (χ4n) is 1.59. The molecule has 0 fully saturated rings. The third kappa shape index (κ3) is 1.40. The Morgan fingerprint density at radius 1 is 1.38 bits per heavy atom. The molecule has 2 aromatic rings. The zero-order valence-corrected chi connectivity index (χ0v) is 9.78. The Labute approximate surface area is 93.9 Å². The predicted octanol–water partition coefficient (Wildman–Crippen LogP) is 2.91. The summed E-state index contributed by atoms with van der Waals surface area (Å²) in [5.74, 6) is 0. The second-order valence-corrected chi connectivity index (χ2v) is 4.53. The number of aromatic nitrogens is 1. The van der Waals surface area contributed by atoms with Gasteiger partial charge in [0, 0.05) is 0 Å². The Morgan fingerprint density at radius 3 is 2.62 bits per heavy atom. The molecular weight excluding hydrogens is 202 g/mol. The molecule has 0 saturated heterocycles. The Bertz CT molecular complexity index is 602. The van der Waals surface area contributed by atoms with Crippen LogP contribution < -0.4 is 5.63 Å². The average molecular weight is 217 g/mol. The second-order valence-electron chi connectivity index (χ2n) is 4.53. The first kappa shape index (κ1) is 10.7.